The minimum absolute atomic E-state index is 0.0432. The van der Waals surface area contributed by atoms with Crippen molar-refractivity contribution in [1.29, 1.82) is 0 Å². The lowest BCUT2D eigenvalue weighted by molar-refractivity contribution is -0.123. The highest BCUT2D eigenvalue weighted by Crippen LogP contribution is 2.23. The van der Waals surface area contributed by atoms with Crippen molar-refractivity contribution >= 4 is 56.8 Å². The maximum absolute atomic E-state index is 11.8. The van der Waals surface area contributed by atoms with Gasteiger partial charge in [-0.15, -0.1) is 0 Å². The van der Waals surface area contributed by atoms with E-state index in [1.165, 1.54) is 3.57 Å². The third kappa shape index (κ3) is 3.90. The highest BCUT2D eigenvalue weighted by Gasteiger charge is 2.21. The van der Waals surface area contributed by atoms with Crippen LogP contribution in [0.3, 0.4) is 0 Å². The minimum Gasteiger partial charge on any atom is -0.325 e. The predicted molar refractivity (Wildman–Crippen MR) is 80.0 cm³/mol. The Morgan fingerprint density at radius 1 is 1.27 bits per heavy atom. The fraction of sp³-hybridized carbons (Fsp3) is 0.364. The molecule has 0 aliphatic heterocycles. The van der Waals surface area contributed by atoms with Gasteiger partial charge in [-0.3, -0.25) is 4.79 Å². The second-order valence-corrected chi connectivity index (χ2v) is 6.74. The Labute approximate surface area is 117 Å². The number of benzene rings is 1. The van der Waals surface area contributed by atoms with Gasteiger partial charge in [-0.2, -0.15) is 0 Å². The molecule has 0 radical (unpaired) electrons. The molecule has 0 unspecified atom stereocenters. The topological polar surface area (TPSA) is 29.1 Å². The van der Waals surface area contributed by atoms with Crippen LogP contribution in [0.15, 0.2) is 18.2 Å². The molecule has 0 atom stereocenters. The van der Waals surface area contributed by atoms with Crippen molar-refractivity contribution in [2.45, 2.75) is 20.8 Å². The normalized spacial score (nSPS) is 11.3. The van der Waals surface area contributed by atoms with Gasteiger partial charge in [0.15, 0.2) is 0 Å². The van der Waals surface area contributed by atoms with E-state index >= 15 is 0 Å². The standard InChI is InChI=1S/C11H13I2NO/c1-11(2,3)10(15)14-9-5-4-7(12)6-8(9)13/h4-6H,1-3H3,(H,14,15). The van der Waals surface area contributed by atoms with E-state index in [2.05, 4.69) is 50.5 Å². The largest absolute Gasteiger partial charge is 0.325 e. The summed E-state index contributed by atoms with van der Waals surface area (Å²) in [7, 11) is 0. The number of hydrogen-bond donors (Lipinski definition) is 1. The molecular formula is C11H13I2NO. The van der Waals surface area contributed by atoms with E-state index in [0.29, 0.717) is 0 Å². The highest BCUT2D eigenvalue weighted by atomic mass is 127. The lowest BCUT2D eigenvalue weighted by atomic mass is 9.95. The molecule has 4 heteroatoms. The summed E-state index contributed by atoms with van der Waals surface area (Å²) < 4.78 is 2.24. The van der Waals surface area contributed by atoms with Gasteiger partial charge in [0, 0.05) is 12.6 Å². The first-order valence-electron chi connectivity index (χ1n) is 4.57. The molecule has 82 valence electrons. The van der Waals surface area contributed by atoms with Gasteiger partial charge in [0.25, 0.3) is 0 Å². The molecule has 1 N–H and O–H groups in total. The van der Waals surface area contributed by atoms with E-state index in [-0.39, 0.29) is 11.3 Å². The van der Waals surface area contributed by atoms with Crippen LogP contribution < -0.4 is 5.32 Å². The Morgan fingerprint density at radius 2 is 1.87 bits per heavy atom. The van der Waals surface area contributed by atoms with Crippen molar-refractivity contribution in [2.75, 3.05) is 5.32 Å². The Morgan fingerprint density at radius 3 is 2.33 bits per heavy atom. The molecule has 0 bridgehead atoms. The van der Waals surface area contributed by atoms with Crippen molar-refractivity contribution in [2.24, 2.45) is 5.41 Å². The molecule has 1 aromatic carbocycles. The zero-order chi connectivity index (χ0) is 11.6. The Bertz CT molecular complexity index is 383. The van der Waals surface area contributed by atoms with Gasteiger partial charge in [-0.1, -0.05) is 20.8 Å². The summed E-state index contributed by atoms with van der Waals surface area (Å²) in [5.74, 6) is 0.0432. The lowest BCUT2D eigenvalue weighted by Gasteiger charge is -2.18. The van der Waals surface area contributed by atoms with E-state index in [4.69, 9.17) is 0 Å². The molecule has 1 amide bonds. The second-order valence-electron chi connectivity index (χ2n) is 4.33. The van der Waals surface area contributed by atoms with E-state index in [0.717, 1.165) is 9.26 Å². The summed E-state index contributed by atoms with van der Waals surface area (Å²) in [6, 6.07) is 5.97. The highest BCUT2D eigenvalue weighted by molar-refractivity contribution is 14.1. The average molecular weight is 429 g/mol. The van der Waals surface area contributed by atoms with Crippen LogP contribution in [0.25, 0.3) is 0 Å². The molecule has 1 aromatic rings. The molecule has 0 saturated carbocycles. The molecule has 0 spiro atoms. The molecule has 0 fully saturated rings. The van der Waals surface area contributed by atoms with Gasteiger partial charge in [-0.25, -0.2) is 0 Å². The number of carbonyl (C=O) groups excluding carboxylic acids is 1. The summed E-state index contributed by atoms with van der Waals surface area (Å²) in [6.45, 7) is 5.71. The van der Waals surface area contributed by atoms with Crippen LogP contribution in [0.4, 0.5) is 5.69 Å². The number of amides is 1. The molecule has 2 nitrogen and oxygen atoms in total. The third-order valence-electron chi connectivity index (χ3n) is 1.86. The van der Waals surface area contributed by atoms with E-state index in [9.17, 15) is 4.79 Å². The zero-order valence-corrected chi connectivity index (χ0v) is 13.2. The third-order valence-corrected chi connectivity index (χ3v) is 3.42. The minimum atomic E-state index is -0.355. The maximum atomic E-state index is 11.8. The Hall–Kier alpha value is 0.150. The molecule has 0 aromatic heterocycles. The molecule has 1 rings (SSSR count). The number of hydrogen-bond acceptors (Lipinski definition) is 1. The van der Waals surface area contributed by atoms with Crippen molar-refractivity contribution < 1.29 is 4.79 Å². The summed E-state index contributed by atoms with van der Waals surface area (Å²) in [6.07, 6.45) is 0. The predicted octanol–water partition coefficient (Wildman–Crippen LogP) is 3.88. The van der Waals surface area contributed by atoms with E-state index in [1.54, 1.807) is 0 Å². The summed E-state index contributed by atoms with van der Waals surface area (Å²) in [4.78, 5) is 11.8. The quantitative estimate of drug-likeness (QED) is 0.675. The summed E-state index contributed by atoms with van der Waals surface area (Å²) in [5.41, 5.74) is 0.530. The molecular weight excluding hydrogens is 416 g/mol. The first kappa shape index (κ1) is 13.2. The van der Waals surface area contributed by atoms with Crippen LogP contribution in [0.5, 0.6) is 0 Å². The Kier molecular flexibility index (Phi) is 4.39. The first-order chi connectivity index (χ1) is 6.80. The van der Waals surface area contributed by atoms with Crippen LogP contribution in [-0.4, -0.2) is 5.91 Å². The molecule has 0 heterocycles. The van der Waals surface area contributed by atoms with Crippen molar-refractivity contribution in [3.05, 3.63) is 25.3 Å². The van der Waals surface area contributed by atoms with Crippen LogP contribution in [0.2, 0.25) is 0 Å². The van der Waals surface area contributed by atoms with Gasteiger partial charge in [-0.05, 0) is 63.4 Å². The average Bonchev–Trinajstić information content (AvgIpc) is 2.08. The van der Waals surface area contributed by atoms with Gasteiger partial charge in [0.1, 0.15) is 0 Å². The van der Waals surface area contributed by atoms with Gasteiger partial charge >= 0.3 is 0 Å². The molecule has 0 aliphatic rings. The van der Waals surface area contributed by atoms with Crippen molar-refractivity contribution in [3.63, 3.8) is 0 Å². The van der Waals surface area contributed by atoms with Crippen molar-refractivity contribution in [1.82, 2.24) is 0 Å². The van der Waals surface area contributed by atoms with Crippen LogP contribution in [0.1, 0.15) is 20.8 Å². The zero-order valence-electron chi connectivity index (χ0n) is 8.90. The number of rotatable bonds is 1. The van der Waals surface area contributed by atoms with E-state index < -0.39 is 0 Å². The number of carbonyl (C=O) groups is 1. The number of nitrogens with one attached hydrogen (secondary N) is 1. The van der Waals surface area contributed by atoms with Gasteiger partial charge in [0.05, 0.1) is 5.69 Å². The molecule has 15 heavy (non-hydrogen) atoms. The van der Waals surface area contributed by atoms with Crippen LogP contribution >= 0.6 is 45.2 Å². The summed E-state index contributed by atoms with van der Waals surface area (Å²) >= 11 is 4.48. The first-order valence-corrected chi connectivity index (χ1v) is 6.73. The maximum Gasteiger partial charge on any atom is 0.229 e. The van der Waals surface area contributed by atoms with Crippen LogP contribution in [0, 0.1) is 12.6 Å². The second kappa shape index (κ2) is 4.99. The monoisotopic (exact) mass is 429 g/mol. The summed E-state index contributed by atoms with van der Waals surface area (Å²) in [5, 5.41) is 2.93. The lowest BCUT2D eigenvalue weighted by Crippen LogP contribution is -2.27. The van der Waals surface area contributed by atoms with E-state index in [1.807, 2.05) is 39.0 Å². The van der Waals surface area contributed by atoms with Gasteiger partial charge in [0.2, 0.25) is 5.91 Å². The van der Waals surface area contributed by atoms with Gasteiger partial charge < -0.3 is 5.32 Å². The number of anilines is 1. The Balaban J connectivity index is 2.87. The SMILES string of the molecule is CC(C)(C)C(=O)Nc1ccc(I)cc1I. The molecule has 0 saturated heterocycles. The fourth-order valence-electron chi connectivity index (χ4n) is 0.901. The van der Waals surface area contributed by atoms with Crippen LogP contribution in [-0.2, 0) is 4.79 Å². The van der Waals surface area contributed by atoms with Crippen molar-refractivity contribution in [3.8, 4) is 0 Å². The smallest absolute Gasteiger partial charge is 0.229 e. The fourth-order valence-corrected chi connectivity index (χ4v) is 2.64. The number of halogens is 2. The molecule has 0 aliphatic carbocycles.